The van der Waals surface area contributed by atoms with Gasteiger partial charge in [-0.05, 0) is 6.07 Å². The Hall–Kier alpha value is -1.59. The minimum atomic E-state index is -0.598. The summed E-state index contributed by atoms with van der Waals surface area (Å²) in [7, 11) is 0. The van der Waals surface area contributed by atoms with Crippen molar-refractivity contribution in [3.8, 4) is 5.75 Å². The Kier molecular flexibility index (Phi) is 3.84. The Balaban J connectivity index is 2.32. The van der Waals surface area contributed by atoms with Gasteiger partial charge in [0.05, 0.1) is 6.04 Å². The van der Waals surface area contributed by atoms with Gasteiger partial charge in [-0.3, -0.25) is 4.90 Å². The molecule has 0 bridgehead atoms. The molecule has 5 heteroatoms. The van der Waals surface area contributed by atoms with Crippen molar-refractivity contribution in [2.24, 2.45) is 0 Å². The van der Waals surface area contributed by atoms with Crippen molar-refractivity contribution >= 4 is 5.69 Å². The number of anilines is 1. The van der Waals surface area contributed by atoms with Crippen LogP contribution in [0.5, 0.6) is 5.75 Å². The third-order valence-electron chi connectivity index (χ3n) is 3.28. The van der Waals surface area contributed by atoms with E-state index in [-0.39, 0.29) is 17.5 Å². The Morgan fingerprint density at radius 1 is 1.44 bits per heavy atom. The predicted molar refractivity (Wildman–Crippen MR) is 69.9 cm³/mol. The molecule has 1 saturated heterocycles. The number of nitrogen functional groups attached to an aromatic ring is 1. The topological polar surface area (TPSA) is 61.5 Å². The van der Waals surface area contributed by atoms with Crippen molar-refractivity contribution in [1.29, 1.82) is 0 Å². The molecule has 0 spiro atoms. The van der Waals surface area contributed by atoms with E-state index in [1.165, 1.54) is 6.07 Å². The second-order valence-electron chi connectivity index (χ2n) is 4.37. The summed E-state index contributed by atoms with van der Waals surface area (Å²) in [5.74, 6) is -0.780. The SMILES string of the molecule is C=C[C@H](c1ccc(F)c(N)c1O)N1CCNCC1. The lowest BCUT2D eigenvalue weighted by Gasteiger charge is -2.33. The van der Waals surface area contributed by atoms with E-state index in [0.717, 1.165) is 26.2 Å². The lowest BCUT2D eigenvalue weighted by atomic mass is 10.0. The molecule has 4 nitrogen and oxygen atoms in total. The number of hydrogen-bond acceptors (Lipinski definition) is 4. The minimum absolute atomic E-state index is 0.144. The van der Waals surface area contributed by atoms with E-state index in [9.17, 15) is 9.50 Å². The molecular weight excluding hydrogens is 233 g/mol. The zero-order valence-corrected chi connectivity index (χ0v) is 10.2. The van der Waals surface area contributed by atoms with Gasteiger partial charge in [0.1, 0.15) is 17.3 Å². The number of aromatic hydroxyl groups is 1. The number of halogens is 1. The van der Waals surface area contributed by atoms with Crippen LogP contribution in [-0.4, -0.2) is 36.2 Å². The highest BCUT2D eigenvalue weighted by Crippen LogP contribution is 2.35. The summed E-state index contributed by atoms with van der Waals surface area (Å²) in [6, 6.07) is 2.70. The van der Waals surface area contributed by atoms with Crippen LogP contribution in [-0.2, 0) is 0 Å². The van der Waals surface area contributed by atoms with E-state index in [1.807, 2.05) is 0 Å². The molecule has 1 aromatic carbocycles. The first-order chi connectivity index (χ1) is 8.65. The quantitative estimate of drug-likeness (QED) is 0.430. The zero-order chi connectivity index (χ0) is 13.1. The average Bonchev–Trinajstić information content (AvgIpc) is 2.41. The Bertz CT molecular complexity index is 444. The molecule has 18 heavy (non-hydrogen) atoms. The number of piperazine rings is 1. The summed E-state index contributed by atoms with van der Waals surface area (Å²) in [5.41, 5.74) is 5.92. The summed E-state index contributed by atoms with van der Waals surface area (Å²) in [6.45, 7) is 7.29. The molecule has 2 rings (SSSR count). The highest BCUT2D eigenvalue weighted by Gasteiger charge is 2.23. The van der Waals surface area contributed by atoms with Gasteiger partial charge >= 0.3 is 0 Å². The highest BCUT2D eigenvalue weighted by molar-refractivity contribution is 5.58. The maximum atomic E-state index is 13.2. The van der Waals surface area contributed by atoms with Gasteiger partial charge in [-0.2, -0.15) is 0 Å². The Labute approximate surface area is 106 Å². The van der Waals surface area contributed by atoms with Crippen LogP contribution in [0.15, 0.2) is 24.8 Å². The van der Waals surface area contributed by atoms with Crippen molar-refractivity contribution in [3.05, 3.63) is 36.2 Å². The van der Waals surface area contributed by atoms with Gasteiger partial charge in [-0.25, -0.2) is 4.39 Å². The summed E-state index contributed by atoms with van der Waals surface area (Å²) in [5, 5.41) is 13.2. The molecule has 0 amide bonds. The van der Waals surface area contributed by atoms with Gasteiger partial charge in [-0.15, -0.1) is 6.58 Å². The molecular formula is C13H18FN3O. The van der Waals surface area contributed by atoms with E-state index in [1.54, 1.807) is 12.1 Å². The second-order valence-corrected chi connectivity index (χ2v) is 4.37. The van der Waals surface area contributed by atoms with Gasteiger partial charge in [-0.1, -0.05) is 12.1 Å². The second kappa shape index (κ2) is 5.37. The van der Waals surface area contributed by atoms with Crippen molar-refractivity contribution < 1.29 is 9.50 Å². The number of nitrogens with zero attached hydrogens (tertiary/aromatic N) is 1. The first kappa shape index (κ1) is 12.9. The van der Waals surface area contributed by atoms with Crippen LogP contribution >= 0.6 is 0 Å². The highest BCUT2D eigenvalue weighted by atomic mass is 19.1. The number of nitrogens with one attached hydrogen (secondary N) is 1. The molecule has 4 N–H and O–H groups in total. The fraction of sp³-hybridized carbons (Fsp3) is 0.385. The first-order valence-electron chi connectivity index (χ1n) is 5.99. The van der Waals surface area contributed by atoms with Gasteiger partial charge in [0, 0.05) is 31.7 Å². The maximum Gasteiger partial charge on any atom is 0.149 e. The molecule has 0 unspecified atom stereocenters. The van der Waals surface area contributed by atoms with Crippen LogP contribution < -0.4 is 11.1 Å². The van der Waals surface area contributed by atoms with E-state index >= 15 is 0 Å². The average molecular weight is 251 g/mol. The van der Waals surface area contributed by atoms with Gasteiger partial charge in [0.15, 0.2) is 0 Å². The number of rotatable bonds is 3. The van der Waals surface area contributed by atoms with Crippen molar-refractivity contribution in [2.45, 2.75) is 6.04 Å². The minimum Gasteiger partial charge on any atom is -0.505 e. The smallest absolute Gasteiger partial charge is 0.149 e. The van der Waals surface area contributed by atoms with Gasteiger partial charge in [0.2, 0.25) is 0 Å². The standard InChI is InChI=1S/C13H18FN3O/c1-2-11(17-7-5-16-6-8-17)9-3-4-10(14)12(15)13(9)18/h2-4,11,16,18H,1,5-8,15H2/t11-/m1/s1. The molecule has 98 valence electrons. The fourth-order valence-electron chi connectivity index (χ4n) is 2.27. The third kappa shape index (κ3) is 2.32. The summed E-state index contributed by atoms with van der Waals surface area (Å²) >= 11 is 0. The van der Waals surface area contributed by atoms with E-state index in [4.69, 9.17) is 5.73 Å². The normalized spacial score (nSPS) is 18.5. The lowest BCUT2D eigenvalue weighted by molar-refractivity contribution is 0.201. The van der Waals surface area contributed by atoms with Crippen molar-refractivity contribution in [3.63, 3.8) is 0 Å². The summed E-state index contributed by atoms with van der Waals surface area (Å²) < 4.78 is 13.2. The fourth-order valence-corrected chi connectivity index (χ4v) is 2.27. The molecule has 1 aliphatic rings. The Morgan fingerprint density at radius 2 is 2.11 bits per heavy atom. The van der Waals surface area contributed by atoms with Gasteiger partial charge < -0.3 is 16.2 Å². The maximum absolute atomic E-state index is 13.2. The largest absolute Gasteiger partial charge is 0.505 e. The molecule has 1 atom stereocenters. The van der Waals surface area contributed by atoms with Crippen molar-refractivity contribution in [2.75, 3.05) is 31.9 Å². The van der Waals surface area contributed by atoms with Crippen LogP contribution in [0, 0.1) is 5.82 Å². The number of nitrogens with two attached hydrogens (primary N) is 1. The molecule has 0 aromatic heterocycles. The first-order valence-corrected chi connectivity index (χ1v) is 5.99. The molecule has 0 aliphatic carbocycles. The molecule has 1 aromatic rings. The molecule has 1 aliphatic heterocycles. The molecule has 1 fully saturated rings. The van der Waals surface area contributed by atoms with Crippen LogP contribution in [0.1, 0.15) is 11.6 Å². The van der Waals surface area contributed by atoms with Crippen LogP contribution in [0.2, 0.25) is 0 Å². The predicted octanol–water partition coefficient (Wildman–Crippen LogP) is 1.25. The number of hydrogen-bond donors (Lipinski definition) is 3. The number of benzene rings is 1. The van der Waals surface area contributed by atoms with Crippen LogP contribution in [0.4, 0.5) is 10.1 Å². The zero-order valence-electron chi connectivity index (χ0n) is 10.2. The van der Waals surface area contributed by atoms with E-state index in [0.29, 0.717) is 5.56 Å². The Morgan fingerprint density at radius 3 is 2.72 bits per heavy atom. The monoisotopic (exact) mass is 251 g/mol. The third-order valence-corrected chi connectivity index (χ3v) is 3.28. The van der Waals surface area contributed by atoms with E-state index in [2.05, 4.69) is 16.8 Å². The number of phenols is 1. The molecule has 1 heterocycles. The summed E-state index contributed by atoms with van der Waals surface area (Å²) in [6.07, 6.45) is 1.75. The number of phenolic OH excluding ortho intramolecular Hbond substituents is 1. The van der Waals surface area contributed by atoms with E-state index < -0.39 is 5.82 Å². The molecule has 0 radical (unpaired) electrons. The van der Waals surface area contributed by atoms with Crippen LogP contribution in [0.25, 0.3) is 0 Å². The van der Waals surface area contributed by atoms with Crippen LogP contribution in [0.3, 0.4) is 0 Å². The van der Waals surface area contributed by atoms with Gasteiger partial charge in [0.25, 0.3) is 0 Å². The van der Waals surface area contributed by atoms with Crippen molar-refractivity contribution in [1.82, 2.24) is 10.2 Å². The lowest BCUT2D eigenvalue weighted by Crippen LogP contribution is -2.44. The summed E-state index contributed by atoms with van der Waals surface area (Å²) in [4.78, 5) is 2.18. The molecule has 0 saturated carbocycles.